The highest BCUT2D eigenvalue weighted by Gasteiger charge is 2.34. The van der Waals surface area contributed by atoms with Gasteiger partial charge in [0.1, 0.15) is 0 Å². The Morgan fingerprint density at radius 1 is 1.35 bits per heavy atom. The van der Waals surface area contributed by atoms with Crippen LogP contribution >= 0.6 is 24.8 Å². The second-order valence-corrected chi connectivity index (χ2v) is 3.67. The number of halogens is 2. The minimum absolute atomic E-state index is 0. The number of nitrogens with one attached hydrogen (secondary N) is 1. The van der Waals surface area contributed by atoms with Gasteiger partial charge in [-0.3, -0.25) is 9.78 Å². The number of nitrogens with zero attached hydrogens (tertiary/aromatic N) is 1. The Kier molecular flexibility index (Phi) is 7.11. The van der Waals surface area contributed by atoms with Gasteiger partial charge in [0.25, 0.3) is 0 Å². The Balaban J connectivity index is 0.00000128. The van der Waals surface area contributed by atoms with Crippen molar-refractivity contribution in [1.29, 1.82) is 0 Å². The summed E-state index contributed by atoms with van der Waals surface area (Å²) in [5, 5.41) is 3.21. The predicted octanol–water partition coefficient (Wildman–Crippen LogP) is 1.40. The van der Waals surface area contributed by atoms with Crippen LogP contribution in [0.2, 0.25) is 0 Å². The smallest absolute Gasteiger partial charge is 0.310 e. The molecule has 1 fully saturated rings. The van der Waals surface area contributed by atoms with Crippen molar-refractivity contribution in [3.8, 4) is 0 Å². The van der Waals surface area contributed by atoms with Gasteiger partial charge < -0.3 is 10.1 Å². The first-order valence-electron chi connectivity index (χ1n) is 5.01. The van der Waals surface area contributed by atoms with Crippen molar-refractivity contribution in [2.24, 2.45) is 5.92 Å². The molecular formula is C11H16Cl2N2O2. The zero-order chi connectivity index (χ0) is 10.7. The lowest BCUT2D eigenvalue weighted by atomic mass is 9.90. The highest BCUT2D eigenvalue weighted by molar-refractivity contribution is 5.85. The number of aromatic nitrogens is 1. The number of hydrogen-bond donors (Lipinski definition) is 1. The van der Waals surface area contributed by atoms with E-state index >= 15 is 0 Å². The molecule has 0 aromatic carbocycles. The van der Waals surface area contributed by atoms with Crippen molar-refractivity contribution in [2.75, 3.05) is 20.2 Å². The zero-order valence-corrected chi connectivity index (χ0v) is 11.1. The summed E-state index contributed by atoms with van der Waals surface area (Å²) in [4.78, 5) is 15.5. The summed E-state index contributed by atoms with van der Waals surface area (Å²) in [5.74, 6) is -0.000313. The van der Waals surface area contributed by atoms with Gasteiger partial charge >= 0.3 is 5.97 Å². The minimum atomic E-state index is -0.137. The van der Waals surface area contributed by atoms with Crippen LogP contribution in [0.3, 0.4) is 0 Å². The van der Waals surface area contributed by atoms with Gasteiger partial charge in [-0.15, -0.1) is 24.8 Å². The van der Waals surface area contributed by atoms with Gasteiger partial charge in [0.15, 0.2) is 0 Å². The molecule has 17 heavy (non-hydrogen) atoms. The van der Waals surface area contributed by atoms with Crippen molar-refractivity contribution in [3.63, 3.8) is 0 Å². The van der Waals surface area contributed by atoms with Gasteiger partial charge in [0.05, 0.1) is 13.0 Å². The zero-order valence-electron chi connectivity index (χ0n) is 9.46. The Morgan fingerprint density at radius 3 is 2.59 bits per heavy atom. The Labute approximate surface area is 113 Å². The topological polar surface area (TPSA) is 51.2 Å². The normalized spacial score (nSPS) is 22.2. The number of carbonyl (C=O) groups is 1. The molecule has 2 unspecified atom stereocenters. The molecule has 4 nitrogen and oxygen atoms in total. The number of esters is 1. The first-order valence-corrected chi connectivity index (χ1v) is 5.01. The molecule has 1 aromatic heterocycles. The van der Waals surface area contributed by atoms with Crippen LogP contribution in [0.1, 0.15) is 11.5 Å². The molecule has 96 valence electrons. The van der Waals surface area contributed by atoms with E-state index in [2.05, 4.69) is 10.3 Å². The van der Waals surface area contributed by atoms with E-state index in [1.807, 2.05) is 12.1 Å². The molecule has 1 aromatic rings. The summed E-state index contributed by atoms with van der Waals surface area (Å²) in [5.41, 5.74) is 1.14. The second kappa shape index (κ2) is 7.48. The fraction of sp³-hybridized carbons (Fsp3) is 0.455. The molecule has 1 aliphatic rings. The molecule has 0 amide bonds. The van der Waals surface area contributed by atoms with Gasteiger partial charge in [-0.1, -0.05) is 0 Å². The number of ether oxygens (including phenoxy) is 1. The molecule has 2 atom stereocenters. The molecule has 1 aliphatic heterocycles. The van der Waals surface area contributed by atoms with Crippen LogP contribution in [0.25, 0.3) is 0 Å². The first-order chi connectivity index (χ1) is 7.33. The lowest BCUT2D eigenvalue weighted by molar-refractivity contribution is -0.145. The second-order valence-electron chi connectivity index (χ2n) is 3.67. The minimum Gasteiger partial charge on any atom is -0.469 e. The fourth-order valence-electron chi connectivity index (χ4n) is 2.04. The molecule has 2 rings (SSSR count). The number of methoxy groups -OCH3 is 1. The van der Waals surface area contributed by atoms with Crippen molar-refractivity contribution in [3.05, 3.63) is 30.1 Å². The monoisotopic (exact) mass is 278 g/mol. The molecule has 2 heterocycles. The fourth-order valence-corrected chi connectivity index (χ4v) is 2.04. The van der Waals surface area contributed by atoms with E-state index in [1.165, 1.54) is 7.11 Å². The van der Waals surface area contributed by atoms with E-state index in [0.29, 0.717) is 6.54 Å². The van der Waals surface area contributed by atoms with Crippen LogP contribution in [0.5, 0.6) is 0 Å². The van der Waals surface area contributed by atoms with Gasteiger partial charge in [-0.2, -0.15) is 0 Å². The van der Waals surface area contributed by atoms with E-state index in [9.17, 15) is 4.79 Å². The van der Waals surface area contributed by atoms with Crippen molar-refractivity contribution in [1.82, 2.24) is 10.3 Å². The van der Waals surface area contributed by atoms with Gasteiger partial charge in [0.2, 0.25) is 0 Å². The Hall–Kier alpha value is -0.840. The summed E-state index contributed by atoms with van der Waals surface area (Å²) in [7, 11) is 1.43. The summed E-state index contributed by atoms with van der Waals surface area (Å²) >= 11 is 0. The third kappa shape index (κ3) is 3.56. The third-order valence-corrected chi connectivity index (χ3v) is 2.85. The van der Waals surface area contributed by atoms with Crippen LogP contribution in [0, 0.1) is 5.92 Å². The standard InChI is InChI=1S/C11H14N2O2.2ClH/c1-15-11(14)10-7-13-6-9(10)8-2-4-12-5-3-8;;/h2-5,9-10,13H,6-7H2,1H3;2*1H. The maximum Gasteiger partial charge on any atom is 0.310 e. The van der Waals surface area contributed by atoms with Crippen LogP contribution in [0.4, 0.5) is 0 Å². The van der Waals surface area contributed by atoms with E-state index in [-0.39, 0.29) is 42.6 Å². The average molecular weight is 279 g/mol. The van der Waals surface area contributed by atoms with Crippen LogP contribution in [-0.4, -0.2) is 31.2 Å². The van der Waals surface area contributed by atoms with E-state index in [0.717, 1.165) is 12.1 Å². The molecule has 1 N–H and O–H groups in total. The van der Waals surface area contributed by atoms with Gasteiger partial charge in [0, 0.05) is 31.4 Å². The SMILES string of the molecule is COC(=O)C1CNCC1c1ccncc1.Cl.Cl. The first kappa shape index (κ1) is 16.2. The van der Waals surface area contributed by atoms with E-state index in [1.54, 1.807) is 12.4 Å². The summed E-state index contributed by atoms with van der Waals surface area (Å²) in [6.07, 6.45) is 3.50. The highest BCUT2D eigenvalue weighted by Crippen LogP contribution is 2.28. The molecule has 1 saturated heterocycles. The molecular weight excluding hydrogens is 263 g/mol. The van der Waals surface area contributed by atoms with Gasteiger partial charge in [-0.25, -0.2) is 0 Å². The lowest BCUT2D eigenvalue weighted by Gasteiger charge is -2.16. The number of carbonyl (C=O) groups excluding carboxylic acids is 1. The molecule has 0 radical (unpaired) electrons. The number of rotatable bonds is 2. The largest absolute Gasteiger partial charge is 0.469 e. The van der Waals surface area contributed by atoms with Crippen LogP contribution < -0.4 is 5.32 Å². The van der Waals surface area contributed by atoms with Crippen molar-refractivity contribution in [2.45, 2.75) is 5.92 Å². The lowest BCUT2D eigenvalue weighted by Crippen LogP contribution is -2.22. The van der Waals surface area contributed by atoms with Gasteiger partial charge in [-0.05, 0) is 17.7 Å². The summed E-state index contributed by atoms with van der Waals surface area (Å²) in [6, 6.07) is 3.90. The summed E-state index contributed by atoms with van der Waals surface area (Å²) < 4.78 is 4.79. The maximum atomic E-state index is 11.5. The molecule has 0 bridgehead atoms. The molecule has 0 saturated carbocycles. The van der Waals surface area contributed by atoms with Crippen LogP contribution in [0.15, 0.2) is 24.5 Å². The highest BCUT2D eigenvalue weighted by atomic mass is 35.5. The van der Waals surface area contributed by atoms with Crippen molar-refractivity contribution < 1.29 is 9.53 Å². The quantitative estimate of drug-likeness (QED) is 0.831. The third-order valence-electron chi connectivity index (χ3n) is 2.85. The number of hydrogen-bond acceptors (Lipinski definition) is 4. The molecule has 0 spiro atoms. The van der Waals surface area contributed by atoms with Crippen LogP contribution in [-0.2, 0) is 9.53 Å². The Bertz CT molecular complexity index is 349. The maximum absolute atomic E-state index is 11.5. The molecule has 6 heteroatoms. The van der Waals surface area contributed by atoms with E-state index in [4.69, 9.17) is 4.74 Å². The molecule has 0 aliphatic carbocycles. The predicted molar refractivity (Wildman–Crippen MR) is 69.8 cm³/mol. The Morgan fingerprint density at radius 2 is 2.00 bits per heavy atom. The summed E-state index contributed by atoms with van der Waals surface area (Å²) in [6.45, 7) is 1.52. The van der Waals surface area contributed by atoms with E-state index < -0.39 is 0 Å². The van der Waals surface area contributed by atoms with Crippen molar-refractivity contribution >= 4 is 30.8 Å². The number of pyridine rings is 1. The average Bonchev–Trinajstić information content (AvgIpc) is 2.78.